The lowest BCUT2D eigenvalue weighted by Crippen LogP contribution is -2.11. The smallest absolute Gasteiger partial charge is 0.143 e. The number of benzene rings is 10. The van der Waals surface area contributed by atoms with Crippen molar-refractivity contribution in [1.82, 2.24) is 0 Å². The van der Waals surface area contributed by atoms with E-state index in [4.69, 9.17) is 8.83 Å². The Kier molecular flexibility index (Phi) is 6.93. The first-order valence-electron chi connectivity index (χ1n) is 19.4. The van der Waals surface area contributed by atoms with Crippen molar-refractivity contribution >= 4 is 93.3 Å². The number of furan rings is 2. The quantitative estimate of drug-likeness (QED) is 0.165. The second-order valence-electron chi connectivity index (χ2n) is 14.9. The van der Waals surface area contributed by atoms with Crippen molar-refractivity contribution < 1.29 is 8.83 Å². The number of para-hydroxylation sites is 3. The first-order valence-corrected chi connectivity index (χ1v) is 19.4. The SMILES string of the molecule is c1ccc(N(c2ccc(-c3ccc4c(ccc5ccccc54)c3)cc2)c2ccc3c(c2)oc2ccccc23)c(-c2cccc3c2oc2cc4ccccc4cc23)c1. The van der Waals surface area contributed by atoms with Crippen molar-refractivity contribution in [2.45, 2.75) is 0 Å². The molecule has 0 saturated heterocycles. The molecule has 0 radical (unpaired) electrons. The van der Waals surface area contributed by atoms with Gasteiger partial charge in [0.25, 0.3) is 0 Å². The van der Waals surface area contributed by atoms with Gasteiger partial charge in [-0.25, -0.2) is 0 Å². The van der Waals surface area contributed by atoms with Crippen LogP contribution in [0.5, 0.6) is 0 Å². The van der Waals surface area contributed by atoms with E-state index < -0.39 is 0 Å². The van der Waals surface area contributed by atoms with Crippen molar-refractivity contribution in [3.05, 3.63) is 200 Å². The van der Waals surface area contributed by atoms with Crippen LogP contribution in [0.2, 0.25) is 0 Å². The van der Waals surface area contributed by atoms with Gasteiger partial charge < -0.3 is 13.7 Å². The third kappa shape index (κ3) is 5.06. The highest BCUT2D eigenvalue weighted by atomic mass is 16.3. The van der Waals surface area contributed by atoms with Crippen LogP contribution < -0.4 is 4.90 Å². The molecule has 0 atom stereocenters. The molecule has 12 rings (SSSR count). The fourth-order valence-corrected chi connectivity index (χ4v) is 8.87. The lowest BCUT2D eigenvalue weighted by molar-refractivity contribution is 0.669. The molecule has 0 saturated carbocycles. The maximum absolute atomic E-state index is 6.77. The predicted molar refractivity (Wildman–Crippen MR) is 239 cm³/mol. The van der Waals surface area contributed by atoms with Crippen LogP contribution in [0.1, 0.15) is 0 Å². The first kappa shape index (κ1) is 31.7. The Hall–Kier alpha value is -7.62. The number of hydrogen-bond acceptors (Lipinski definition) is 3. The summed E-state index contributed by atoms with van der Waals surface area (Å²) in [7, 11) is 0. The van der Waals surface area contributed by atoms with Gasteiger partial charge in [-0.3, -0.25) is 0 Å². The van der Waals surface area contributed by atoms with Gasteiger partial charge >= 0.3 is 0 Å². The van der Waals surface area contributed by atoms with Gasteiger partial charge in [-0.2, -0.15) is 0 Å². The van der Waals surface area contributed by atoms with Crippen molar-refractivity contribution in [2.75, 3.05) is 4.90 Å². The highest BCUT2D eigenvalue weighted by Gasteiger charge is 2.22. The fraction of sp³-hybridized carbons (Fsp3) is 0. The number of fused-ring (bicyclic) bond motifs is 10. The predicted octanol–water partition coefficient (Wildman–Crippen LogP) is 15.7. The molecule has 0 fully saturated rings. The van der Waals surface area contributed by atoms with Gasteiger partial charge in [-0.1, -0.05) is 140 Å². The van der Waals surface area contributed by atoms with Crippen molar-refractivity contribution in [3.8, 4) is 22.3 Å². The van der Waals surface area contributed by atoms with Gasteiger partial charge in [-0.05, 0) is 98.0 Å². The molecule has 3 nitrogen and oxygen atoms in total. The number of anilines is 3. The zero-order valence-corrected chi connectivity index (χ0v) is 30.8. The summed E-state index contributed by atoms with van der Waals surface area (Å²) >= 11 is 0. The summed E-state index contributed by atoms with van der Waals surface area (Å²) in [6, 6.07) is 71.6. The third-order valence-electron chi connectivity index (χ3n) is 11.6. The molecule has 10 aromatic carbocycles. The number of rotatable bonds is 5. The topological polar surface area (TPSA) is 29.5 Å². The summed E-state index contributed by atoms with van der Waals surface area (Å²) in [6.07, 6.45) is 0. The molecule has 266 valence electrons. The minimum absolute atomic E-state index is 0.850. The third-order valence-corrected chi connectivity index (χ3v) is 11.6. The molecule has 2 heterocycles. The lowest BCUT2D eigenvalue weighted by Gasteiger charge is -2.28. The molecule has 0 spiro atoms. The molecule has 2 aromatic heterocycles. The Morgan fingerprint density at radius 3 is 1.81 bits per heavy atom. The molecule has 0 bridgehead atoms. The van der Waals surface area contributed by atoms with E-state index in [1.165, 1.54) is 37.9 Å². The van der Waals surface area contributed by atoms with E-state index in [9.17, 15) is 0 Å². The van der Waals surface area contributed by atoms with Crippen LogP contribution in [-0.2, 0) is 0 Å². The first-order chi connectivity index (χ1) is 28.2. The highest BCUT2D eigenvalue weighted by Crippen LogP contribution is 2.46. The van der Waals surface area contributed by atoms with Gasteiger partial charge in [0.2, 0.25) is 0 Å². The van der Waals surface area contributed by atoms with Crippen LogP contribution in [0.4, 0.5) is 17.1 Å². The van der Waals surface area contributed by atoms with E-state index in [0.717, 1.165) is 77.6 Å². The summed E-state index contributed by atoms with van der Waals surface area (Å²) in [5, 5.41) is 11.8. The van der Waals surface area contributed by atoms with E-state index in [0.29, 0.717) is 0 Å². The summed E-state index contributed by atoms with van der Waals surface area (Å²) in [5.74, 6) is 0. The minimum atomic E-state index is 0.850. The van der Waals surface area contributed by atoms with Crippen LogP contribution in [0.15, 0.2) is 209 Å². The Morgan fingerprint density at radius 1 is 0.298 bits per heavy atom. The molecule has 12 aromatic rings. The molecule has 3 heteroatoms. The maximum atomic E-state index is 6.77. The standard InChI is InChI=1S/C54H33NO2/c1-2-12-37-32-52-49(31-36(37)11-1)48-17-9-16-47(54(48)57-52)44-14-5-7-18-50(44)55(41-27-29-46-45-15-6-8-19-51(45)56-53(46)33-41)40-25-22-34(23-26-40)38-24-28-43-39(30-38)21-20-35-10-3-4-13-42(35)43/h1-33H. The molecule has 0 N–H and O–H groups in total. The molecule has 0 aliphatic rings. The number of hydrogen-bond donors (Lipinski definition) is 0. The summed E-state index contributed by atoms with van der Waals surface area (Å²) in [4.78, 5) is 2.34. The monoisotopic (exact) mass is 727 g/mol. The summed E-state index contributed by atoms with van der Waals surface area (Å²) < 4.78 is 13.2. The van der Waals surface area contributed by atoms with Crippen LogP contribution in [0, 0.1) is 0 Å². The molecule has 0 aliphatic carbocycles. The van der Waals surface area contributed by atoms with Crippen LogP contribution >= 0.6 is 0 Å². The fourth-order valence-electron chi connectivity index (χ4n) is 8.87. The lowest BCUT2D eigenvalue weighted by atomic mass is 9.97. The zero-order chi connectivity index (χ0) is 37.5. The van der Waals surface area contributed by atoms with Crippen molar-refractivity contribution in [3.63, 3.8) is 0 Å². The number of nitrogens with zero attached hydrogens (tertiary/aromatic N) is 1. The van der Waals surface area contributed by atoms with Gasteiger partial charge in [0, 0.05) is 50.1 Å². The largest absolute Gasteiger partial charge is 0.456 e. The Bertz CT molecular complexity index is 3530. The second kappa shape index (κ2) is 12.5. The van der Waals surface area contributed by atoms with E-state index in [-0.39, 0.29) is 0 Å². The van der Waals surface area contributed by atoms with Crippen molar-refractivity contribution in [1.29, 1.82) is 0 Å². The molecular weight excluding hydrogens is 695 g/mol. The molecule has 0 unspecified atom stereocenters. The Morgan fingerprint density at radius 2 is 0.912 bits per heavy atom. The zero-order valence-electron chi connectivity index (χ0n) is 30.8. The molecule has 57 heavy (non-hydrogen) atoms. The maximum Gasteiger partial charge on any atom is 0.143 e. The van der Waals surface area contributed by atoms with E-state index in [1.807, 2.05) is 12.1 Å². The molecule has 0 amide bonds. The van der Waals surface area contributed by atoms with E-state index in [2.05, 4.69) is 193 Å². The van der Waals surface area contributed by atoms with Crippen LogP contribution in [0.25, 0.3) is 98.4 Å². The van der Waals surface area contributed by atoms with Gasteiger partial charge in [0.05, 0.1) is 5.69 Å². The van der Waals surface area contributed by atoms with Gasteiger partial charge in [-0.15, -0.1) is 0 Å². The second-order valence-corrected chi connectivity index (χ2v) is 14.9. The average Bonchev–Trinajstić information content (AvgIpc) is 3.83. The highest BCUT2D eigenvalue weighted by molar-refractivity contribution is 6.14. The molecular formula is C54H33NO2. The van der Waals surface area contributed by atoms with Gasteiger partial charge in [0.15, 0.2) is 0 Å². The normalized spacial score (nSPS) is 11.9. The average molecular weight is 728 g/mol. The Labute approximate surface area is 328 Å². The summed E-state index contributed by atoms with van der Waals surface area (Å²) in [5.41, 5.74) is 11.0. The Balaban J connectivity index is 1.03. The van der Waals surface area contributed by atoms with Crippen molar-refractivity contribution in [2.24, 2.45) is 0 Å². The van der Waals surface area contributed by atoms with E-state index in [1.54, 1.807) is 0 Å². The van der Waals surface area contributed by atoms with Crippen LogP contribution in [0.3, 0.4) is 0 Å². The summed E-state index contributed by atoms with van der Waals surface area (Å²) in [6.45, 7) is 0. The minimum Gasteiger partial charge on any atom is -0.456 e. The van der Waals surface area contributed by atoms with Crippen LogP contribution in [-0.4, -0.2) is 0 Å². The van der Waals surface area contributed by atoms with Gasteiger partial charge in [0.1, 0.15) is 22.3 Å². The van der Waals surface area contributed by atoms with E-state index >= 15 is 0 Å². The molecule has 0 aliphatic heterocycles.